The van der Waals surface area contributed by atoms with Crippen LogP contribution in [-0.2, 0) is 0 Å². The number of hydrogen-bond acceptors (Lipinski definition) is 2. The number of pyridine rings is 1. The van der Waals surface area contributed by atoms with Crippen LogP contribution in [0, 0.1) is 6.92 Å². The van der Waals surface area contributed by atoms with Gasteiger partial charge in [0, 0.05) is 23.3 Å². The highest BCUT2D eigenvalue weighted by atomic mass is 15.1. The highest BCUT2D eigenvalue weighted by Gasteiger charge is 2.11. The van der Waals surface area contributed by atoms with Gasteiger partial charge >= 0.3 is 0 Å². The first-order chi connectivity index (χ1) is 9.79. The second-order valence-corrected chi connectivity index (χ2v) is 4.88. The van der Waals surface area contributed by atoms with E-state index in [-0.39, 0.29) is 0 Å². The summed E-state index contributed by atoms with van der Waals surface area (Å²) in [5.74, 6) is 0. The van der Waals surface area contributed by atoms with E-state index >= 15 is 0 Å². The Hall–Kier alpha value is -2.35. The summed E-state index contributed by atoms with van der Waals surface area (Å²) >= 11 is 0. The Morgan fingerprint density at radius 2 is 1.65 bits per heavy atom. The van der Waals surface area contributed by atoms with Gasteiger partial charge in [-0.2, -0.15) is 0 Å². The maximum absolute atomic E-state index is 4.62. The third kappa shape index (κ3) is 2.25. The number of anilines is 2. The molecule has 0 N–H and O–H groups in total. The monoisotopic (exact) mass is 262 g/mol. The highest BCUT2D eigenvalue weighted by Crippen LogP contribution is 2.31. The van der Waals surface area contributed by atoms with Crippen molar-refractivity contribution in [1.82, 2.24) is 4.98 Å². The zero-order valence-electron chi connectivity index (χ0n) is 11.9. The first-order valence-electron chi connectivity index (χ1n) is 6.98. The lowest BCUT2D eigenvalue weighted by molar-refractivity contribution is 1.02. The van der Waals surface area contributed by atoms with E-state index in [1.807, 2.05) is 12.1 Å². The van der Waals surface area contributed by atoms with Crippen molar-refractivity contribution in [2.75, 3.05) is 11.4 Å². The van der Waals surface area contributed by atoms with Gasteiger partial charge < -0.3 is 4.90 Å². The van der Waals surface area contributed by atoms with Crippen molar-refractivity contribution in [3.05, 3.63) is 66.4 Å². The molecule has 0 radical (unpaired) electrons. The van der Waals surface area contributed by atoms with Crippen molar-refractivity contribution in [2.24, 2.45) is 0 Å². The number of aromatic nitrogens is 1. The number of benzene rings is 2. The van der Waals surface area contributed by atoms with Crippen LogP contribution in [0.4, 0.5) is 11.4 Å². The summed E-state index contributed by atoms with van der Waals surface area (Å²) in [5.41, 5.74) is 4.54. The Morgan fingerprint density at radius 1 is 0.950 bits per heavy atom. The minimum atomic E-state index is 0.928. The Bertz CT molecular complexity index is 720. The van der Waals surface area contributed by atoms with Gasteiger partial charge in [0.1, 0.15) is 0 Å². The Morgan fingerprint density at radius 3 is 2.40 bits per heavy atom. The summed E-state index contributed by atoms with van der Waals surface area (Å²) < 4.78 is 0. The molecule has 0 unspecified atom stereocenters. The van der Waals surface area contributed by atoms with Crippen LogP contribution in [0.25, 0.3) is 10.9 Å². The largest absolute Gasteiger partial charge is 0.341 e. The molecule has 0 saturated heterocycles. The van der Waals surface area contributed by atoms with Crippen molar-refractivity contribution in [1.29, 1.82) is 0 Å². The molecule has 2 aromatic carbocycles. The smallest absolute Gasteiger partial charge is 0.0726 e. The average molecular weight is 262 g/mol. The van der Waals surface area contributed by atoms with Gasteiger partial charge in [0.2, 0.25) is 0 Å². The quantitative estimate of drug-likeness (QED) is 0.680. The zero-order chi connectivity index (χ0) is 13.9. The van der Waals surface area contributed by atoms with E-state index < -0.39 is 0 Å². The number of fused-ring (bicyclic) bond motifs is 1. The molecule has 0 spiro atoms. The van der Waals surface area contributed by atoms with Crippen LogP contribution < -0.4 is 4.90 Å². The topological polar surface area (TPSA) is 16.1 Å². The van der Waals surface area contributed by atoms with E-state index in [1.54, 1.807) is 0 Å². The molecule has 1 aromatic heterocycles. The summed E-state index contributed by atoms with van der Waals surface area (Å²) in [5, 5.41) is 1.20. The molecule has 100 valence electrons. The molecule has 20 heavy (non-hydrogen) atoms. The molecule has 0 bridgehead atoms. The molecule has 3 rings (SSSR count). The predicted octanol–water partition coefficient (Wildman–Crippen LogP) is 4.70. The molecule has 0 saturated carbocycles. The lowest BCUT2D eigenvalue weighted by Gasteiger charge is -2.25. The summed E-state index contributed by atoms with van der Waals surface area (Å²) in [6, 6.07) is 21.0. The van der Waals surface area contributed by atoms with Gasteiger partial charge in [0.15, 0.2) is 0 Å². The van der Waals surface area contributed by atoms with Crippen molar-refractivity contribution in [2.45, 2.75) is 13.8 Å². The van der Waals surface area contributed by atoms with E-state index in [1.165, 1.54) is 16.8 Å². The van der Waals surface area contributed by atoms with Crippen LogP contribution in [0.15, 0.2) is 60.7 Å². The Balaban J connectivity index is 2.22. The van der Waals surface area contributed by atoms with Crippen molar-refractivity contribution >= 4 is 22.3 Å². The molecule has 2 heteroatoms. The number of aryl methyl sites for hydroxylation is 1. The first kappa shape index (κ1) is 12.7. The van der Waals surface area contributed by atoms with Crippen LogP contribution in [0.5, 0.6) is 0 Å². The minimum Gasteiger partial charge on any atom is -0.341 e. The van der Waals surface area contributed by atoms with Gasteiger partial charge in [-0.05, 0) is 38.1 Å². The van der Waals surface area contributed by atoms with E-state index in [0.29, 0.717) is 0 Å². The summed E-state index contributed by atoms with van der Waals surface area (Å²) in [7, 11) is 0. The highest BCUT2D eigenvalue weighted by molar-refractivity contribution is 5.94. The van der Waals surface area contributed by atoms with Gasteiger partial charge in [0.05, 0.1) is 11.2 Å². The fourth-order valence-electron chi connectivity index (χ4n) is 2.61. The van der Waals surface area contributed by atoms with Gasteiger partial charge in [-0.15, -0.1) is 0 Å². The van der Waals surface area contributed by atoms with Crippen LogP contribution in [0.2, 0.25) is 0 Å². The van der Waals surface area contributed by atoms with Gasteiger partial charge in [-0.1, -0.05) is 36.4 Å². The van der Waals surface area contributed by atoms with Crippen LogP contribution >= 0.6 is 0 Å². The maximum Gasteiger partial charge on any atom is 0.0726 e. The Kier molecular flexibility index (Phi) is 3.38. The van der Waals surface area contributed by atoms with Crippen molar-refractivity contribution in [3.63, 3.8) is 0 Å². The Labute approximate surface area is 119 Å². The minimum absolute atomic E-state index is 0.928. The molecular weight excluding hydrogens is 244 g/mol. The normalized spacial score (nSPS) is 10.7. The number of hydrogen-bond donors (Lipinski definition) is 0. The van der Waals surface area contributed by atoms with E-state index in [0.717, 1.165) is 17.8 Å². The van der Waals surface area contributed by atoms with Gasteiger partial charge in [0.25, 0.3) is 0 Å². The van der Waals surface area contributed by atoms with E-state index in [2.05, 4.69) is 72.3 Å². The standard InChI is InChI=1S/C18H18N2/c1-3-20(15-9-5-4-6-10-15)18-13-14(2)19-17-12-8-7-11-16(17)18/h4-13H,3H2,1-2H3. The first-order valence-corrected chi connectivity index (χ1v) is 6.98. The molecular formula is C18H18N2. The molecule has 2 nitrogen and oxygen atoms in total. The molecule has 0 aliphatic rings. The third-order valence-corrected chi connectivity index (χ3v) is 3.50. The molecule has 0 atom stereocenters. The lowest BCUT2D eigenvalue weighted by Crippen LogP contribution is -2.16. The fraction of sp³-hybridized carbons (Fsp3) is 0.167. The fourth-order valence-corrected chi connectivity index (χ4v) is 2.61. The van der Waals surface area contributed by atoms with Gasteiger partial charge in [-0.3, -0.25) is 4.98 Å². The summed E-state index contributed by atoms with van der Waals surface area (Å²) in [6.45, 7) is 5.16. The van der Waals surface area contributed by atoms with E-state index in [4.69, 9.17) is 0 Å². The number of rotatable bonds is 3. The van der Waals surface area contributed by atoms with Crippen molar-refractivity contribution < 1.29 is 0 Å². The molecule has 1 heterocycles. The van der Waals surface area contributed by atoms with E-state index in [9.17, 15) is 0 Å². The second-order valence-electron chi connectivity index (χ2n) is 4.88. The maximum atomic E-state index is 4.62. The molecule has 0 amide bonds. The predicted molar refractivity (Wildman–Crippen MR) is 85.6 cm³/mol. The molecule has 3 aromatic rings. The SMILES string of the molecule is CCN(c1ccccc1)c1cc(C)nc2ccccc12. The number of nitrogens with zero attached hydrogens (tertiary/aromatic N) is 2. The molecule has 0 aliphatic heterocycles. The molecule has 0 aliphatic carbocycles. The van der Waals surface area contributed by atoms with Crippen LogP contribution in [-0.4, -0.2) is 11.5 Å². The summed E-state index contributed by atoms with van der Waals surface area (Å²) in [6.07, 6.45) is 0. The van der Waals surface area contributed by atoms with Crippen LogP contribution in [0.1, 0.15) is 12.6 Å². The molecule has 0 fully saturated rings. The lowest BCUT2D eigenvalue weighted by atomic mass is 10.1. The zero-order valence-corrected chi connectivity index (χ0v) is 11.9. The number of para-hydroxylation sites is 2. The second kappa shape index (κ2) is 5.33. The summed E-state index contributed by atoms with van der Waals surface area (Å²) in [4.78, 5) is 6.95. The van der Waals surface area contributed by atoms with Crippen molar-refractivity contribution in [3.8, 4) is 0 Å². The van der Waals surface area contributed by atoms with Gasteiger partial charge in [-0.25, -0.2) is 0 Å². The average Bonchev–Trinajstić information content (AvgIpc) is 2.49. The van der Waals surface area contributed by atoms with Crippen LogP contribution in [0.3, 0.4) is 0 Å². The third-order valence-electron chi connectivity index (χ3n) is 3.50.